The van der Waals surface area contributed by atoms with E-state index in [4.69, 9.17) is 9.72 Å². The molecular weight excluding hydrogens is 404 g/mol. The van der Waals surface area contributed by atoms with E-state index in [1.54, 1.807) is 11.8 Å². The number of aryl methyl sites for hydroxylation is 1. The summed E-state index contributed by atoms with van der Waals surface area (Å²) in [7, 11) is 7.39. The second kappa shape index (κ2) is 9.38. The fourth-order valence-corrected chi connectivity index (χ4v) is 4.17. The van der Waals surface area contributed by atoms with Crippen LogP contribution in [-0.4, -0.2) is 58.3 Å². The molecule has 3 aromatic rings. The standard InChI is InChI=1S/C24H30N6O2/c1-28(2)24-25-15-20(18-14-26-29(3)16-18)23(27-24)21-7-5-6-12-30(21)22(31)13-17-8-10-19(32-4)11-9-17/h8-11,14-16,21H,5-7,12-13H2,1-4H3/t21-/m1/s1. The Morgan fingerprint density at radius 1 is 1.19 bits per heavy atom. The molecule has 32 heavy (non-hydrogen) atoms. The Kier molecular flexibility index (Phi) is 6.39. The Bertz CT molecular complexity index is 1080. The van der Waals surface area contributed by atoms with E-state index in [1.807, 2.05) is 73.8 Å². The fourth-order valence-electron chi connectivity index (χ4n) is 4.17. The number of hydrogen-bond acceptors (Lipinski definition) is 6. The summed E-state index contributed by atoms with van der Waals surface area (Å²) >= 11 is 0. The molecule has 3 heterocycles. The summed E-state index contributed by atoms with van der Waals surface area (Å²) in [6.07, 6.45) is 8.94. The topological polar surface area (TPSA) is 76.4 Å². The molecule has 0 bridgehead atoms. The molecule has 1 aliphatic heterocycles. The lowest BCUT2D eigenvalue weighted by Crippen LogP contribution is -2.40. The number of carbonyl (C=O) groups is 1. The zero-order valence-corrected chi connectivity index (χ0v) is 19.2. The third-order valence-electron chi connectivity index (χ3n) is 5.87. The Balaban J connectivity index is 1.67. The van der Waals surface area contributed by atoms with Crippen molar-refractivity contribution < 1.29 is 9.53 Å². The molecule has 2 aromatic heterocycles. The van der Waals surface area contributed by atoms with Crippen LogP contribution in [0.3, 0.4) is 0 Å². The zero-order valence-electron chi connectivity index (χ0n) is 19.2. The van der Waals surface area contributed by atoms with Crippen molar-refractivity contribution in [2.75, 3.05) is 32.6 Å². The van der Waals surface area contributed by atoms with E-state index in [0.29, 0.717) is 12.4 Å². The van der Waals surface area contributed by atoms with Crippen LogP contribution < -0.4 is 9.64 Å². The predicted molar refractivity (Wildman–Crippen MR) is 124 cm³/mol. The smallest absolute Gasteiger partial charge is 0.227 e. The minimum atomic E-state index is -0.0913. The summed E-state index contributed by atoms with van der Waals surface area (Å²) < 4.78 is 7.00. The van der Waals surface area contributed by atoms with Gasteiger partial charge in [-0.15, -0.1) is 0 Å². The van der Waals surface area contributed by atoms with Gasteiger partial charge < -0.3 is 14.5 Å². The summed E-state index contributed by atoms with van der Waals surface area (Å²) in [4.78, 5) is 26.7. The molecule has 1 saturated heterocycles. The van der Waals surface area contributed by atoms with Gasteiger partial charge in [-0.1, -0.05) is 12.1 Å². The van der Waals surface area contributed by atoms with E-state index < -0.39 is 0 Å². The van der Waals surface area contributed by atoms with Gasteiger partial charge in [0.15, 0.2) is 0 Å². The minimum Gasteiger partial charge on any atom is -0.497 e. The van der Waals surface area contributed by atoms with Crippen LogP contribution in [0.2, 0.25) is 0 Å². The first-order valence-corrected chi connectivity index (χ1v) is 10.9. The lowest BCUT2D eigenvalue weighted by molar-refractivity contribution is -0.134. The predicted octanol–water partition coefficient (Wildman–Crippen LogP) is 3.25. The molecule has 1 atom stereocenters. The lowest BCUT2D eigenvalue weighted by atomic mass is 9.94. The van der Waals surface area contributed by atoms with Gasteiger partial charge in [-0.3, -0.25) is 9.48 Å². The molecule has 168 valence electrons. The normalized spacial score (nSPS) is 16.1. The first-order chi connectivity index (χ1) is 15.5. The van der Waals surface area contributed by atoms with Gasteiger partial charge in [0.2, 0.25) is 11.9 Å². The summed E-state index contributed by atoms with van der Waals surface area (Å²) in [6.45, 7) is 0.730. The second-order valence-corrected chi connectivity index (χ2v) is 8.39. The van der Waals surface area contributed by atoms with Crippen molar-refractivity contribution in [2.45, 2.75) is 31.7 Å². The van der Waals surface area contributed by atoms with E-state index in [-0.39, 0.29) is 11.9 Å². The second-order valence-electron chi connectivity index (χ2n) is 8.39. The van der Waals surface area contributed by atoms with Crippen LogP contribution in [-0.2, 0) is 18.3 Å². The van der Waals surface area contributed by atoms with Crippen molar-refractivity contribution in [3.8, 4) is 16.9 Å². The average molecular weight is 435 g/mol. The number of ether oxygens (including phenoxy) is 1. The largest absolute Gasteiger partial charge is 0.497 e. The number of anilines is 1. The molecule has 0 unspecified atom stereocenters. The zero-order chi connectivity index (χ0) is 22.7. The number of carbonyl (C=O) groups excluding carboxylic acids is 1. The number of rotatable bonds is 6. The Labute approximate surface area is 188 Å². The third kappa shape index (κ3) is 4.59. The highest BCUT2D eigenvalue weighted by atomic mass is 16.5. The molecule has 1 amide bonds. The maximum Gasteiger partial charge on any atom is 0.227 e. The summed E-state index contributed by atoms with van der Waals surface area (Å²) in [5.74, 6) is 1.54. The van der Waals surface area contributed by atoms with Crippen LogP contribution in [0.1, 0.15) is 36.6 Å². The molecule has 1 aliphatic rings. The number of piperidine rings is 1. The SMILES string of the molecule is COc1ccc(CC(=O)N2CCCC[C@@H]2c2nc(N(C)C)ncc2-c2cnn(C)c2)cc1. The third-order valence-corrected chi connectivity index (χ3v) is 5.87. The van der Waals surface area contributed by atoms with Gasteiger partial charge in [0.05, 0.1) is 31.5 Å². The first kappa shape index (κ1) is 21.8. The lowest BCUT2D eigenvalue weighted by Gasteiger charge is -2.36. The highest BCUT2D eigenvalue weighted by Crippen LogP contribution is 2.36. The number of nitrogens with zero attached hydrogens (tertiary/aromatic N) is 6. The molecule has 0 radical (unpaired) electrons. The van der Waals surface area contributed by atoms with Crippen LogP contribution in [0.5, 0.6) is 5.75 Å². The highest BCUT2D eigenvalue weighted by molar-refractivity contribution is 5.80. The Morgan fingerprint density at radius 3 is 2.62 bits per heavy atom. The first-order valence-electron chi connectivity index (χ1n) is 10.9. The molecule has 4 rings (SSSR count). The molecule has 0 saturated carbocycles. The van der Waals surface area contributed by atoms with E-state index in [9.17, 15) is 4.79 Å². The monoisotopic (exact) mass is 434 g/mol. The van der Waals surface area contributed by atoms with Gasteiger partial charge in [-0.25, -0.2) is 9.97 Å². The van der Waals surface area contributed by atoms with E-state index in [1.165, 1.54) is 0 Å². The molecule has 0 aliphatic carbocycles. The van der Waals surface area contributed by atoms with E-state index in [0.717, 1.165) is 53.9 Å². The van der Waals surface area contributed by atoms with Crippen molar-refractivity contribution in [1.82, 2.24) is 24.6 Å². The maximum absolute atomic E-state index is 13.4. The van der Waals surface area contributed by atoms with E-state index in [2.05, 4.69) is 10.1 Å². The molecular formula is C24H30N6O2. The van der Waals surface area contributed by atoms with Crippen LogP contribution in [0.15, 0.2) is 42.9 Å². The molecule has 0 spiro atoms. The van der Waals surface area contributed by atoms with Gasteiger partial charge in [0.25, 0.3) is 0 Å². The van der Waals surface area contributed by atoms with Crippen LogP contribution in [0, 0.1) is 0 Å². The minimum absolute atomic E-state index is 0.0913. The van der Waals surface area contributed by atoms with Crippen LogP contribution in [0.25, 0.3) is 11.1 Å². The number of aromatic nitrogens is 4. The summed E-state index contributed by atoms with van der Waals surface area (Å²) in [5, 5.41) is 4.32. The number of likely N-dealkylation sites (tertiary alicyclic amines) is 1. The van der Waals surface area contributed by atoms with E-state index >= 15 is 0 Å². The summed E-state index contributed by atoms with van der Waals surface area (Å²) in [6, 6.07) is 7.60. The van der Waals surface area contributed by atoms with Crippen LogP contribution >= 0.6 is 0 Å². The van der Waals surface area contributed by atoms with Crippen molar-refractivity contribution >= 4 is 11.9 Å². The summed E-state index contributed by atoms with van der Waals surface area (Å²) in [5.41, 5.74) is 3.75. The highest BCUT2D eigenvalue weighted by Gasteiger charge is 2.31. The van der Waals surface area contributed by atoms with Gasteiger partial charge in [-0.05, 0) is 37.0 Å². The molecule has 1 aromatic carbocycles. The van der Waals surface area contributed by atoms with Crippen LogP contribution in [0.4, 0.5) is 5.95 Å². The number of methoxy groups -OCH3 is 1. The molecule has 8 nitrogen and oxygen atoms in total. The Morgan fingerprint density at radius 2 is 1.97 bits per heavy atom. The van der Waals surface area contributed by atoms with Crippen molar-refractivity contribution in [2.24, 2.45) is 7.05 Å². The quantitative estimate of drug-likeness (QED) is 0.593. The molecule has 1 fully saturated rings. The van der Waals surface area contributed by atoms with Crippen molar-refractivity contribution in [3.63, 3.8) is 0 Å². The number of benzene rings is 1. The van der Waals surface area contributed by atoms with Gasteiger partial charge >= 0.3 is 0 Å². The fraction of sp³-hybridized carbons (Fsp3) is 0.417. The number of hydrogen-bond donors (Lipinski definition) is 0. The maximum atomic E-state index is 13.4. The molecule has 0 N–H and O–H groups in total. The Hall–Kier alpha value is -3.42. The van der Waals surface area contributed by atoms with Crippen molar-refractivity contribution in [3.05, 3.63) is 54.1 Å². The van der Waals surface area contributed by atoms with Gasteiger partial charge in [-0.2, -0.15) is 5.10 Å². The van der Waals surface area contributed by atoms with Gasteiger partial charge in [0.1, 0.15) is 5.75 Å². The number of amides is 1. The van der Waals surface area contributed by atoms with Gasteiger partial charge in [0, 0.05) is 51.2 Å². The average Bonchev–Trinajstić information content (AvgIpc) is 3.25. The van der Waals surface area contributed by atoms with Crippen molar-refractivity contribution in [1.29, 1.82) is 0 Å². The molecule has 8 heteroatoms.